The van der Waals surface area contributed by atoms with Gasteiger partial charge in [-0.1, -0.05) is 26.2 Å². The molecule has 0 bridgehead atoms. The summed E-state index contributed by atoms with van der Waals surface area (Å²) in [5.74, 6) is 0.830. The van der Waals surface area contributed by atoms with Crippen LogP contribution in [0.25, 0.3) is 11.4 Å². The third kappa shape index (κ3) is 2.75. The second-order valence-electron chi connectivity index (χ2n) is 5.78. The van der Waals surface area contributed by atoms with E-state index in [9.17, 15) is 4.39 Å². The molecule has 0 radical (unpaired) electrons. The molecule has 112 valence electrons. The molecule has 0 aliphatic heterocycles. The van der Waals surface area contributed by atoms with Crippen molar-refractivity contribution in [1.29, 1.82) is 0 Å². The number of benzene rings is 1. The third-order valence-electron chi connectivity index (χ3n) is 4.40. The predicted octanol–water partition coefficient (Wildman–Crippen LogP) is 3.20. The summed E-state index contributed by atoms with van der Waals surface area (Å²) in [5, 5.41) is 11.9. The molecular weight excluding hydrogens is 269 g/mol. The van der Waals surface area contributed by atoms with Gasteiger partial charge in [0.25, 0.3) is 0 Å². The summed E-state index contributed by atoms with van der Waals surface area (Å²) >= 11 is 0. The average molecular weight is 289 g/mol. The van der Waals surface area contributed by atoms with Crippen molar-refractivity contribution in [3.63, 3.8) is 0 Å². The van der Waals surface area contributed by atoms with Gasteiger partial charge in [-0.3, -0.25) is 0 Å². The zero-order valence-corrected chi connectivity index (χ0v) is 12.2. The molecule has 0 amide bonds. The van der Waals surface area contributed by atoms with E-state index in [2.05, 4.69) is 22.4 Å². The summed E-state index contributed by atoms with van der Waals surface area (Å²) in [6, 6.07) is 4.74. The number of rotatable bonds is 3. The first-order valence-electron chi connectivity index (χ1n) is 7.52. The first kappa shape index (κ1) is 14.0. The van der Waals surface area contributed by atoms with Gasteiger partial charge < -0.3 is 5.73 Å². The molecular formula is C15H20FN5. The van der Waals surface area contributed by atoms with Crippen molar-refractivity contribution in [1.82, 2.24) is 20.2 Å². The molecule has 6 heteroatoms. The number of tetrazole rings is 1. The Labute approximate surface area is 123 Å². The number of nitrogens with zero attached hydrogens (tertiary/aromatic N) is 4. The van der Waals surface area contributed by atoms with Crippen LogP contribution in [0.5, 0.6) is 0 Å². The van der Waals surface area contributed by atoms with Gasteiger partial charge in [-0.25, -0.2) is 9.07 Å². The highest BCUT2D eigenvalue weighted by molar-refractivity contribution is 5.61. The molecule has 1 aromatic heterocycles. The normalized spacial score (nSPS) is 22.4. The molecule has 3 rings (SSSR count). The Morgan fingerprint density at radius 3 is 3.05 bits per heavy atom. The molecule has 2 N–H and O–H groups in total. The van der Waals surface area contributed by atoms with Gasteiger partial charge in [0.05, 0.1) is 11.6 Å². The maximum atomic E-state index is 14.1. The lowest BCUT2D eigenvalue weighted by molar-refractivity contribution is 0.246. The largest absolute Gasteiger partial charge is 0.399 e. The Bertz CT molecular complexity index is 624. The second kappa shape index (κ2) is 5.79. The quantitative estimate of drug-likeness (QED) is 0.881. The van der Waals surface area contributed by atoms with Crippen LogP contribution in [0.3, 0.4) is 0 Å². The maximum Gasteiger partial charge on any atom is 0.185 e. The van der Waals surface area contributed by atoms with Crippen LogP contribution in [0.15, 0.2) is 18.2 Å². The second-order valence-corrected chi connectivity index (χ2v) is 5.78. The van der Waals surface area contributed by atoms with Gasteiger partial charge in [0.1, 0.15) is 5.82 Å². The zero-order valence-electron chi connectivity index (χ0n) is 12.2. The number of aromatic nitrogens is 4. The molecule has 1 fully saturated rings. The minimum Gasteiger partial charge on any atom is -0.399 e. The molecule has 1 aliphatic carbocycles. The van der Waals surface area contributed by atoms with Crippen LogP contribution in [-0.4, -0.2) is 20.2 Å². The summed E-state index contributed by atoms with van der Waals surface area (Å²) in [6.07, 6.45) is 5.69. The number of nitrogens with two attached hydrogens (primary N) is 1. The predicted molar refractivity (Wildman–Crippen MR) is 78.9 cm³/mol. The minimum atomic E-state index is -0.344. The third-order valence-corrected chi connectivity index (χ3v) is 4.40. The van der Waals surface area contributed by atoms with Gasteiger partial charge in [-0.15, -0.1) is 5.10 Å². The molecule has 2 aromatic rings. The number of nitrogen functional groups attached to an aromatic ring is 1. The molecule has 21 heavy (non-hydrogen) atoms. The molecule has 0 spiro atoms. The van der Waals surface area contributed by atoms with E-state index in [1.165, 1.54) is 25.3 Å². The molecule has 2 unspecified atom stereocenters. The van der Waals surface area contributed by atoms with Crippen molar-refractivity contribution in [3.8, 4) is 11.4 Å². The van der Waals surface area contributed by atoms with E-state index in [1.54, 1.807) is 16.8 Å². The maximum absolute atomic E-state index is 14.1. The van der Waals surface area contributed by atoms with E-state index in [1.807, 2.05) is 0 Å². The number of hydrogen-bond donors (Lipinski definition) is 1. The molecule has 5 nitrogen and oxygen atoms in total. The van der Waals surface area contributed by atoms with Crippen molar-refractivity contribution in [2.45, 2.75) is 45.1 Å². The van der Waals surface area contributed by atoms with Crippen LogP contribution in [-0.2, 0) is 0 Å². The highest BCUT2D eigenvalue weighted by atomic mass is 19.1. The topological polar surface area (TPSA) is 69.6 Å². The lowest BCUT2D eigenvalue weighted by Crippen LogP contribution is -2.21. The van der Waals surface area contributed by atoms with Crippen molar-refractivity contribution < 1.29 is 4.39 Å². The Kier molecular flexibility index (Phi) is 3.86. The molecule has 1 aliphatic rings. The average Bonchev–Trinajstić information content (AvgIpc) is 2.99. The van der Waals surface area contributed by atoms with E-state index in [4.69, 9.17) is 5.73 Å². The molecule has 1 heterocycles. The Morgan fingerprint density at radius 2 is 2.24 bits per heavy atom. The zero-order chi connectivity index (χ0) is 14.8. The van der Waals surface area contributed by atoms with Crippen LogP contribution < -0.4 is 5.73 Å². The highest BCUT2D eigenvalue weighted by Crippen LogP contribution is 2.36. The van der Waals surface area contributed by atoms with Crippen molar-refractivity contribution >= 4 is 5.69 Å². The van der Waals surface area contributed by atoms with Crippen LogP contribution >= 0.6 is 0 Å². The van der Waals surface area contributed by atoms with Gasteiger partial charge in [0.15, 0.2) is 5.82 Å². The molecule has 0 saturated heterocycles. The lowest BCUT2D eigenvalue weighted by Gasteiger charge is -2.28. The highest BCUT2D eigenvalue weighted by Gasteiger charge is 2.26. The fourth-order valence-electron chi connectivity index (χ4n) is 3.19. The fourth-order valence-corrected chi connectivity index (χ4v) is 3.19. The van der Waals surface area contributed by atoms with Crippen molar-refractivity contribution in [2.75, 3.05) is 5.73 Å². The number of anilines is 1. The van der Waals surface area contributed by atoms with E-state index in [0.29, 0.717) is 23.0 Å². The summed E-state index contributed by atoms with van der Waals surface area (Å²) in [5.41, 5.74) is 6.65. The van der Waals surface area contributed by atoms with Gasteiger partial charge in [0.2, 0.25) is 0 Å². The molecule has 1 saturated carbocycles. The summed E-state index contributed by atoms with van der Waals surface area (Å²) in [6.45, 7) is 2.21. The standard InChI is InChI=1S/C15H20FN5/c1-2-10-4-3-5-12(8-10)21-15(18-19-20-21)13-9-11(17)6-7-14(13)16/h6-7,9-10,12H,2-5,8,17H2,1H3. The molecule has 2 atom stereocenters. The van der Waals surface area contributed by atoms with Crippen molar-refractivity contribution in [3.05, 3.63) is 24.0 Å². The first-order valence-corrected chi connectivity index (χ1v) is 7.52. The Hall–Kier alpha value is -1.98. The summed E-state index contributed by atoms with van der Waals surface area (Å²) in [4.78, 5) is 0. The Balaban J connectivity index is 1.95. The first-order chi connectivity index (χ1) is 10.2. The smallest absolute Gasteiger partial charge is 0.185 e. The van der Waals surface area contributed by atoms with Crippen LogP contribution in [0.1, 0.15) is 45.1 Å². The van der Waals surface area contributed by atoms with Crippen LogP contribution in [0, 0.1) is 11.7 Å². The lowest BCUT2D eigenvalue weighted by atomic mass is 9.84. The molecule has 1 aromatic carbocycles. The van der Waals surface area contributed by atoms with Gasteiger partial charge in [-0.2, -0.15) is 0 Å². The minimum absolute atomic E-state index is 0.245. The van der Waals surface area contributed by atoms with E-state index < -0.39 is 0 Å². The fraction of sp³-hybridized carbons (Fsp3) is 0.533. The van der Waals surface area contributed by atoms with Crippen molar-refractivity contribution in [2.24, 2.45) is 5.92 Å². The van der Waals surface area contributed by atoms with Crippen LogP contribution in [0.4, 0.5) is 10.1 Å². The summed E-state index contributed by atoms with van der Waals surface area (Å²) in [7, 11) is 0. The number of halogens is 1. The SMILES string of the molecule is CCC1CCCC(n2nnnc2-c2cc(N)ccc2F)C1. The van der Waals surface area contributed by atoms with E-state index >= 15 is 0 Å². The van der Waals surface area contributed by atoms with Gasteiger partial charge in [-0.05, 0) is 47.4 Å². The van der Waals surface area contributed by atoms with Gasteiger partial charge in [0, 0.05) is 5.69 Å². The van der Waals surface area contributed by atoms with Gasteiger partial charge >= 0.3 is 0 Å². The summed E-state index contributed by atoms with van der Waals surface area (Å²) < 4.78 is 15.8. The monoisotopic (exact) mass is 289 g/mol. The van der Waals surface area contributed by atoms with Crippen LogP contribution in [0.2, 0.25) is 0 Å². The number of hydrogen-bond acceptors (Lipinski definition) is 4. The Morgan fingerprint density at radius 1 is 1.38 bits per heavy atom. The van der Waals surface area contributed by atoms with E-state index in [0.717, 1.165) is 12.8 Å². The van der Waals surface area contributed by atoms with E-state index in [-0.39, 0.29) is 11.9 Å².